The van der Waals surface area contributed by atoms with E-state index in [1.165, 1.54) is 7.11 Å². The summed E-state index contributed by atoms with van der Waals surface area (Å²) in [5, 5.41) is 8.62. The molecule has 0 heterocycles. The molecule has 0 aromatic carbocycles. The van der Waals surface area contributed by atoms with Gasteiger partial charge in [-0.2, -0.15) is 0 Å². The second-order valence-corrected chi connectivity index (χ2v) is 3.81. The maximum atomic E-state index is 10.5. The zero-order chi connectivity index (χ0) is 10.5. The van der Waals surface area contributed by atoms with Crippen LogP contribution in [0.1, 0.15) is 27.2 Å². The third-order valence-electron chi connectivity index (χ3n) is 1.48. The summed E-state index contributed by atoms with van der Waals surface area (Å²) in [5.74, 6) is -0.944. The molecule has 0 aromatic rings. The van der Waals surface area contributed by atoms with Gasteiger partial charge < -0.3 is 14.6 Å². The number of hydrogen-bond acceptors (Lipinski definition) is 3. The zero-order valence-corrected chi connectivity index (χ0v) is 12.1. The number of ether oxygens (including phenoxy) is 2. The topological polar surface area (TPSA) is 55.8 Å². The third-order valence-corrected chi connectivity index (χ3v) is 1.48. The quantitative estimate of drug-likeness (QED) is 0.824. The second-order valence-electron chi connectivity index (χ2n) is 3.81. The number of methoxy groups -OCH3 is 1. The molecule has 0 bridgehead atoms. The SMILES string of the molecule is CO[C@H](CCOC(C)(C)C)C(=O)O.[Y]. The normalized spacial score (nSPS) is 13.1. The molecule has 1 N–H and O–H groups in total. The van der Waals surface area contributed by atoms with E-state index in [0.29, 0.717) is 13.0 Å². The summed E-state index contributed by atoms with van der Waals surface area (Å²) in [6.07, 6.45) is -0.384. The van der Waals surface area contributed by atoms with Gasteiger partial charge in [0.1, 0.15) is 0 Å². The van der Waals surface area contributed by atoms with Crippen molar-refractivity contribution in [2.75, 3.05) is 13.7 Å². The third kappa shape index (κ3) is 9.06. The van der Waals surface area contributed by atoms with E-state index in [2.05, 4.69) is 0 Å². The number of rotatable bonds is 5. The average molecular weight is 279 g/mol. The van der Waals surface area contributed by atoms with E-state index < -0.39 is 12.1 Å². The first-order valence-electron chi connectivity index (χ1n) is 4.26. The van der Waals surface area contributed by atoms with Crippen molar-refractivity contribution in [3.63, 3.8) is 0 Å². The summed E-state index contributed by atoms with van der Waals surface area (Å²) in [7, 11) is 1.38. The largest absolute Gasteiger partial charge is 0.479 e. The summed E-state index contributed by atoms with van der Waals surface area (Å²) >= 11 is 0. The van der Waals surface area contributed by atoms with Crippen molar-refractivity contribution >= 4 is 5.97 Å². The Morgan fingerprint density at radius 1 is 1.43 bits per heavy atom. The van der Waals surface area contributed by atoms with Gasteiger partial charge in [-0.05, 0) is 20.8 Å². The van der Waals surface area contributed by atoms with E-state index >= 15 is 0 Å². The van der Waals surface area contributed by atoms with Crippen molar-refractivity contribution in [3.05, 3.63) is 0 Å². The molecular weight excluding hydrogens is 261 g/mol. The van der Waals surface area contributed by atoms with E-state index in [9.17, 15) is 4.79 Å². The van der Waals surface area contributed by atoms with Gasteiger partial charge in [0.15, 0.2) is 6.10 Å². The summed E-state index contributed by atoms with van der Waals surface area (Å²) in [6.45, 7) is 6.18. The van der Waals surface area contributed by atoms with E-state index in [0.717, 1.165) is 0 Å². The van der Waals surface area contributed by atoms with Crippen LogP contribution in [0.3, 0.4) is 0 Å². The Hall–Kier alpha value is 0.494. The molecule has 0 aliphatic rings. The molecule has 0 amide bonds. The molecule has 0 fully saturated rings. The Labute approximate surface area is 110 Å². The number of carbonyl (C=O) groups is 1. The Morgan fingerprint density at radius 2 is 1.93 bits per heavy atom. The van der Waals surface area contributed by atoms with Crippen LogP contribution in [0.4, 0.5) is 0 Å². The number of carboxylic acids is 1. The molecule has 0 saturated heterocycles. The maximum absolute atomic E-state index is 10.5. The molecule has 81 valence electrons. The van der Waals surface area contributed by atoms with Gasteiger partial charge in [0.25, 0.3) is 0 Å². The molecule has 1 atom stereocenters. The van der Waals surface area contributed by atoms with Crippen LogP contribution in [0.25, 0.3) is 0 Å². The maximum Gasteiger partial charge on any atom is 0.332 e. The second kappa shape index (κ2) is 7.74. The molecule has 4 nitrogen and oxygen atoms in total. The van der Waals surface area contributed by atoms with Crippen molar-refractivity contribution in [2.24, 2.45) is 0 Å². The van der Waals surface area contributed by atoms with Gasteiger partial charge >= 0.3 is 5.97 Å². The first kappa shape index (κ1) is 16.9. The minimum absolute atomic E-state index is 0. The van der Waals surface area contributed by atoms with E-state index in [-0.39, 0.29) is 38.3 Å². The molecule has 0 saturated carbocycles. The van der Waals surface area contributed by atoms with Gasteiger partial charge in [-0.15, -0.1) is 0 Å². The fourth-order valence-corrected chi connectivity index (χ4v) is 0.814. The molecule has 0 unspecified atom stereocenters. The predicted molar refractivity (Wildman–Crippen MR) is 48.8 cm³/mol. The van der Waals surface area contributed by atoms with Crippen LogP contribution in [0.2, 0.25) is 0 Å². The summed E-state index contributed by atoms with van der Waals surface area (Å²) in [6, 6.07) is 0. The monoisotopic (exact) mass is 279 g/mol. The van der Waals surface area contributed by atoms with Gasteiger partial charge in [0.2, 0.25) is 0 Å². The molecule has 5 heteroatoms. The fraction of sp³-hybridized carbons (Fsp3) is 0.889. The fourth-order valence-electron chi connectivity index (χ4n) is 0.814. The average Bonchev–Trinajstić information content (AvgIpc) is 1.95. The van der Waals surface area contributed by atoms with Crippen LogP contribution in [0.5, 0.6) is 0 Å². The van der Waals surface area contributed by atoms with Gasteiger partial charge in [0, 0.05) is 46.2 Å². The van der Waals surface area contributed by atoms with Crippen molar-refractivity contribution in [2.45, 2.75) is 38.9 Å². The van der Waals surface area contributed by atoms with Crippen LogP contribution in [-0.2, 0) is 47.0 Å². The first-order chi connectivity index (χ1) is 5.87. The van der Waals surface area contributed by atoms with Crippen molar-refractivity contribution in [1.29, 1.82) is 0 Å². The zero-order valence-electron chi connectivity index (χ0n) is 9.24. The number of aliphatic carboxylic acids is 1. The first-order valence-corrected chi connectivity index (χ1v) is 4.26. The molecule has 0 spiro atoms. The van der Waals surface area contributed by atoms with Gasteiger partial charge in [-0.1, -0.05) is 0 Å². The van der Waals surface area contributed by atoms with Crippen molar-refractivity contribution < 1.29 is 52.1 Å². The number of carboxylic acid groups (broad SMARTS) is 1. The van der Waals surface area contributed by atoms with Crippen LogP contribution in [0.15, 0.2) is 0 Å². The van der Waals surface area contributed by atoms with E-state index in [1.54, 1.807) is 0 Å². The molecule has 0 rings (SSSR count). The predicted octanol–water partition coefficient (Wildman–Crippen LogP) is 1.29. The Balaban J connectivity index is 0. The van der Waals surface area contributed by atoms with Crippen molar-refractivity contribution in [3.8, 4) is 0 Å². The van der Waals surface area contributed by atoms with E-state index in [4.69, 9.17) is 14.6 Å². The summed E-state index contributed by atoms with van der Waals surface area (Å²) < 4.78 is 10.1. The minimum Gasteiger partial charge on any atom is -0.479 e. The molecular formula is C9H18O4Y. The van der Waals surface area contributed by atoms with Gasteiger partial charge in [-0.25, -0.2) is 4.79 Å². The van der Waals surface area contributed by atoms with Crippen LogP contribution in [0, 0.1) is 0 Å². The van der Waals surface area contributed by atoms with Crippen LogP contribution >= 0.6 is 0 Å². The minimum atomic E-state index is -0.944. The Bertz CT molecular complexity index is 165. The van der Waals surface area contributed by atoms with Gasteiger partial charge in [0.05, 0.1) is 12.2 Å². The Kier molecular flexibility index (Phi) is 9.35. The Morgan fingerprint density at radius 3 is 2.21 bits per heavy atom. The molecule has 0 aromatic heterocycles. The van der Waals surface area contributed by atoms with Crippen LogP contribution < -0.4 is 0 Å². The number of hydrogen-bond donors (Lipinski definition) is 1. The van der Waals surface area contributed by atoms with E-state index in [1.807, 2.05) is 20.8 Å². The van der Waals surface area contributed by atoms with Crippen molar-refractivity contribution in [1.82, 2.24) is 0 Å². The summed E-state index contributed by atoms with van der Waals surface area (Å²) in [4.78, 5) is 10.5. The molecule has 0 aliphatic heterocycles. The molecule has 0 aliphatic carbocycles. The summed E-state index contributed by atoms with van der Waals surface area (Å²) in [5.41, 5.74) is -0.225. The standard InChI is InChI=1S/C9H18O4.Y/c1-9(2,3)13-6-5-7(12-4)8(10)11;/h7H,5-6H2,1-4H3,(H,10,11);/t7-;/m1./s1. The smallest absolute Gasteiger partial charge is 0.332 e. The molecule has 14 heavy (non-hydrogen) atoms. The molecule has 1 radical (unpaired) electrons. The van der Waals surface area contributed by atoms with Crippen LogP contribution in [-0.4, -0.2) is 36.5 Å². The van der Waals surface area contributed by atoms with Gasteiger partial charge in [-0.3, -0.25) is 0 Å².